The number of hydrogen-bond donors (Lipinski definition) is 6. The van der Waals surface area contributed by atoms with E-state index in [-0.39, 0.29) is 24.8 Å². The standard InChI is InChI=1S/C53H91N3O16P2/c1-4-43(3)34-30-26-22-18-14-10-6-8-13-17-21-25-29-33-37-49(59)70-45(40-67-48(58)36-32-28-24-20-16-12-9-7-11-15-19-23-27-31-35-44(57)5-2)41-68-73(63,64)72-74(65,66)69-42-46-50(60)51(61)52(71-46)56-39-38-47(54)55-53(56)62/h9,11-12,15,20,23-24,27,38-39,43-46,50-52,57,60-61H,4-8,10,13-14,16-19,21-22,25-26,28-37,40-42H2,1-3H3,(H,63,64)(H,65,66)(H2,54,55,62)/b12-9-,15-11-,24-20-,27-23-/t43?,44-,45+,46+,50+,51+,52+/m0/s1. The highest BCUT2D eigenvalue weighted by Crippen LogP contribution is 2.60. The van der Waals surface area contributed by atoms with Crippen molar-refractivity contribution in [3.8, 4) is 0 Å². The molecule has 0 aromatic carbocycles. The van der Waals surface area contributed by atoms with Crippen LogP contribution in [0.25, 0.3) is 0 Å². The Labute approximate surface area is 440 Å². The Morgan fingerprint density at radius 3 is 1.81 bits per heavy atom. The molecule has 1 saturated heterocycles. The number of carbonyl (C=O) groups excluding carboxylic acids is 2. The molecule has 1 aromatic rings. The summed E-state index contributed by atoms with van der Waals surface area (Å²) in [7, 11) is -10.9. The molecule has 1 fully saturated rings. The highest BCUT2D eigenvalue weighted by molar-refractivity contribution is 7.61. The summed E-state index contributed by atoms with van der Waals surface area (Å²) in [6.07, 6.45) is 34.2. The van der Waals surface area contributed by atoms with Crippen molar-refractivity contribution in [2.75, 3.05) is 25.6 Å². The Kier molecular flexibility index (Phi) is 36.1. The largest absolute Gasteiger partial charge is 0.481 e. The second kappa shape index (κ2) is 40.0. The number of carbonyl (C=O) groups is 2. The van der Waals surface area contributed by atoms with Crippen molar-refractivity contribution in [2.45, 2.75) is 224 Å². The molecule has 1 aliphatic rings. The molecule has 0 saturated carbocycles. The number of hydrogen-bond acceptors (Lipinski definition) is 16. The van der Waals surface area contributed by atoms with Crippen LogP contribution in [0.3, 0.4) is 0 Å². The fourth-order valence-corrected chi connectivity index (χ4v) is 9.96. The molecule has 1 aromatic heterocycles. The lowest BCUT2D eigenvalue weighted by Crippen LogP contribution is -2.36. The topological polar surface area (TPSA) is 286 Å². The van der Waals surface area contributed by atoms with Crippen molar-refractivity contribution in [3.05, 3.63) is 71.4 Å². The summed E-state index contributed by atoms with van der Waals surface area (Å²) in [6.45, 7) is 4.19. The van der Waals surface area contributed by atoms with Crippen molar-refractivity contribution in [3.63, 3.8) is 0 Å². The summed E-state index contributed by atoms with van der Waals surface area (Å²) in [6, 6.07) is 1.24. The second-order valence-corrected chi connectivity index (χ2v) is 22.2. The molecule has 1 aliphatic heterocycles. The fraction of sp³-hybridized carbons (Fsp3) is 0.736. The number of ether oxygens (including phenoxy) is 3. The maximum atomic E-state index is 12.9. The van der Waals surface area contributed by atoms with Crippen LogP contribution in [-0.2, 0) is 46.3 Å². The van der Waals surface area contributed by atoms with Crippen LogP contribution in [0.15, 0.2) is 65.7 Å². The van der Waals surface area contributed by atoms with Gasteiger partial charge in [0.05, 0.1) is 19.3 Å². The lowest BCUT2D eigenvalue weighted by molar-refractivity contribution is -0.161. The van der Waals surface area contributed by atoms with Gasteiger partial charge in [0.15, 0.2) is 12.3 Å². The molecular weight excluding hydrogens is 997 g/mol. The first-order valence-electron chi connectivity index (χ1n) is 27.1. The first-order valence-corrected chi connectivity index (χ1v) is 30.1. The number of anilines is 1. The zero-order chi connectivity index (χ0) is 54.5. The Morgan fingerprint density at radius 2 is 1.24 bits per heavy atom. The first-order chi connectivity index (χ1) is 35.5. The Balaban J connectivity index is 1.80. The quantitative estimate of drug-likeness (QED) is 0.0153. The van der Waals surface area contributed by atoms with Gasteiger partial charge in [-0.15, -0.1) is 0 Å². The number of phosphoric ester groups is 2. The van der Waals surface area contributed by atoms with Crippen LogP contribution in [0.2, 0.25) is 0 Å². The van der Waals surface area contributed by atoms with E-state index in [0.29, 0.717) is 19.3 Å². The maximum absolute atomic E-state index is 12.9. The van der Waals surface area contributed by atoms with E-state index in [4.69, 9.17) is 29.0 Å². The number of aliphatic hydroxyl groups is 3. The number of unbranched alkanes of at least 4 members (excludes halogenated alkanes) is 14. The van der Waals surface area contributed by atoms with Gasteiger partial charge in [-0.2, -0.15) is 9.29 Å². The number of esters is 2. The molecule has 9 atom stereocenters. The van der Waals surface area contributed by atoms with E-state index in [1.807, 2.05) is 19.1 Å². The molecule has 0 bridgehead atoms. The third-order valence-corrected chi connectivity index (χ3v) is 15.2. The van der Waals surface area contributed by atoms with Crippen molar-refractivity contribution < 1.29 is 71.4 Å². The summed E-state index contributed by atoms with van der Waals surface area (Å²) in [4.78, 5) is 62.0. The van der Waals surface area contributed by atoms with Crippen LogP contribution in [-0.4, -0.2) is 96.9 Å². The molecule has 7 N–H and O–H groups in total. The number of rotatable bonds is 44. The molecule has 0 amide bonds. The second-order valence-electron chi connectivity index (χ2n) is 19.1. The van der Waals surface area contributed by atoms with Crippen LogP contribution < -0.4 is 11.4 Å². The van der Waals surface area contributed by atoms with Crippen LogP contribution in [0.5, 0.6) is 0 Å². The zero-order valence-electron chi connectivity index (χ0n) is 44.4. The molecule has 0 radical (unpaired) electrons. The SMILES string of the molecule is CCC(C)CCCCCCCCCCCCCCCCC(=O)O[C@H](COC(=O)CCC/C=C\C/C=C\C/C=C\C/C=C\CC[C@@H](O)CC)COP(=O)(O)OP(=O)(O)OC[C@H]1O[C@@H](n2ccc(N)nc2=O)[C@H](O)[C@@H]1O. The predicted octanol–water partition coefficient (Wildman–Crippen LogP) is 10.6. The molecular formula is C53H91N3O16P2. The van der Waals surface area contributed by atoms with E-state index in [2.05, 4.69) is 59.6 Å². The molecule has 2 rings (SSSR count). The van der Waals surface area contributed by atoms with Crippen LogP contribution in [0.1, 0.15) is 194 Å². The van der Waals surface area contributed by atoms with Crippen LogP contribution in [0, 0.1) is 5.92 Å². The normalized spacial score (nSPS) is 20.1. The summed E-state index contributed by atoms with van der Waals surface area (Å²) >= 11 is 0. The molecule has 0 spiro atoms. The van der Waals surface area contributed by atoms with E-state index >= 15 is 0 Å². The Hall–Kier alpha value is -3.32. The number of allylic oxidation sites excluding steroid dienone is 8. The number of nitrogens with two attached hydrogens (primary N) is 1. The lowest BCUT2D eigenvalue weighted by Gasteiger charge is -2.21. The summed E-state index contributed by atoms with van der Waals surface area (Å²) < 4.78 is 56.8. The molecule has 2 heterocycles. The van der Waals surface area contributed by atoms with Gasteiger partial charge in [-0.1, -0.05) is 166 Å². The molecule has 21 heteroatoms. The summed E-state index contributed by atoms with van der Waals surface area (Å²) in [5, 5.41) is 30.5. The molecule has 0 aliphatic carbocycles. The number of nitrogen functional groups attached to an aromatic ring is 1. The number of phosphoric acid groups is 2. The van der Waals surface area contributed by atoms with Gasteiger partial charge in [-0.3, -0.25) is 23.2 Å². The maximum Gasteiger partial charge on any atom is 0.481 e. The van der Waals surface area contributed by atoms with Gasteiger partial charge >= 0.3 is 33.3 Å². The van der Waals surface area contributed by atoms with Crippen LogP contribution >= 0.6 is 15.6 Å². The van der Waals surface area contributed by atoms with Gasteiger partial charge < -0.3 is 45.1 Å². The van der Waals surface area contributed by atoms with Crippen LogP contribution in [0.4, 0.5) is 5.82 Å². The molecule has 19 nitrogen and oxygen atoms in total. The third-order valence-electron chi connectivity index (χ3n) is 12.6. The number of nitrogens with zero attached hydrogens (tertiary/aromatic N) is 2. The number of aliphatic hydroxyl groups excluding tert-OH is 3. The van der Waals surface area contributed by atoms with Crippen molar-refractivity contribution >= 4 is 33.4 Å². The average molecular weight is 1090 g/mol. The van der Waals surface area contributed by atoms with Gasteiger partial charge in [-0.05, 0) is 69.8 Å². The lowest BCUT2D eigenvalue weighted by atomic mass is 9.99. The number of aromatic nitrogens is 2. The highest BCUT2D eigenvalue weighted by Gasteiger charge is 2.46. The molecule has 424 valence electrons. The van der Waals surface area contributed by atoms with E-state index in [1.165, 1.54) is 76.7 Å². The van der Waals surface area contributed by atoms with Gasteiger partial charge in [0.1, 0.15) is 30.7 Å². The van der Waals surface area contributed by atoms with Crippen molar-refractivity contribution in [1.29, 1.82) is 0 Å². The minimum atomic E-state index is -5.44. The minimum absolute atomic E-state index is 0.0330. The van der Waals surface area contributed by atoms with E-state index in [0.717, 1.165) is 80.9 Å². The Morgan fingerprint density at radius 1 is 0.716 bits per heavy atom. The summed E-state index contributed by atoms with van der Waals surface area (Å²) in [5.41, 5.74) is 4.59. The molecule has 3 unspecified atom stereocenters. The van der Waals surface area contributed by atoms with Gasteiger partial charge in [-0.25, -0.2) is 13.9 Å². The Bertz CT molecular complexity index is 1960. The third kappa shape index (κ3) is 32.3. The van der Waals surface area contributed by atoms with Gasteiger partial charge in [0.2, 0.25) is 0 Å². The predicted molar refractivity (Wildman–Crippen MR) is 285 cm³/mol. The van der Waals surface area contributed by atoms with E-state index in [9.17, 15) is 48.6 Å². The highest BCUT2D eigenvalue weighted by atomic mass is 31.3. The fourth-order valence-electron chi connectivity index (χ4n) is 7.85. The van der Waals surface area contributed by atoms with Gasteiger partial charge in [0, 0.05) is 19.0 Å². The van der Waals surface area contributed by atoms with E-state index in [1.54, 1.807) is 0 Å². The summed E-state index contributed by atoms with van der Waals surface area (Å²) in [5.74, 6) is -0.541. The first kappa shape index (κ1) is 66.8. The van der Waals surface area contributed by atoms with Crippen molar-refractivity contribution in [2.24, 2.45) is 5.92 Å². The smallest absolute Gasteiger partial charge is 0.462 e. The van der Waals surface area contributed by atoms with Gasteiger partial charge in [0.25, 0.3) is 0 Å². The monoisotopic (exact) mass is 1090 g/mol. The average Bonchev–Trinajstić information content (AvgIpc) is 3.64. The minimum Gasteiger partial charge on any atom is -0.462 e. The zero-order valence-corrected chi connectivity index (χ0v) is 46.2. The van der Waals surface area contributed by atoms with E-state index < -0.39 is 83.7 Å². The van der Waals surface area contributed by atoms with Crippen molar-refractivity contribution in [1.82, 2.24) is 9.55 Å². The molecule has 74 heavy (non-hydrogen) atoms.